The van der Waals surface area contributed by atoms with Crippen molar-refractivity contribution in [1.29, 1.82) is 0 Å². The minimum atomic E-state index is -5.34. The summed E-state index contributed by atoms with van der Waals surface area (Å²) in [6.45, 7) is 0.270. The lowest BCUT2D eigenvalue weighted by atomic mass is 9.93. The first-order valence-corrected chi connectivity index (χ1v) is 18.5. The maximum Gasteiger partial charge on any atom is 0.416 e. The van der Waals surface area contributed by atoms with Crippen molar-refractivity contribution in [3.05, 3.63) is 159 Å². The Morgan fingerprint density at radius 1 is 0.500 bits per heavy atom. The largest absolute Gasteiger partial charge is 0.475 e. The molecule has 4 bridgehead atoms. The minimum Gasteiger partial charge on any atom is -0.475 e. The Hall–Kier alpha value is -4.84. The number of halogens is 12. The van der Waals surface area contributed by atoms with E-state index in [1.54, 1.807) is 12.1 Å². The molecule has 0 saturated heterocycles. The molecule has 0 fully saturated rings. The molecule has 1 aliphatic heterocycles. The number of rotatable bonds is 5. The zero-order valence-electron chi connectivity index (χ0n) is 28.8. The second-order valence-electron chi connectivity index (χ2n) is 13.5. The Bertz CT molecular complexity index is 2150. The summed E-state index contributed by atoms with van der Waals surface area (Å²) >= 11 is 0. The monoisotopic (exact) mass is 809 g/mol. The van der Waals surface area contributed by atoms with E-state index >= 15 is 0 Å². The second kappa shape index (κ2) is 14.6. The summed E-state index contributed by atoms with van der Waals surface area (Å²) in [5, 5.41) is -1.40. The van der Waals surface area contributed by atoms with Gasteiger partial charge in [0.25, 0.3) is 0 Å². The zero-order chi connectivity index (χ0) is 40.2. The molecule has 0 amide bonds. The number of benzene rings is 5. The number of hydrogen-bond donors (Lipinski definition) is 0. The van der Waals surface area contributed by atoms with Crippen LogP contribution in [0.2, 0.25) is 0 Å². The van der Waals surface area contributed by atoms with Crippen LogP contribution in [0.25, 0.3) is 0 Å². The summed E-state index contributed by atoms with van der Waals surface area (Å²) in [7, 11) is -2.91. The molecule has 0 radical (unpaired) electrons. The van der Waals surface area contributed by atoms with Crippen molar-refractivity contribution in [2.75, 3.05) is 6.61 Å². The first kappa shape index (κ1) is 39.4. The minimum absolute atomic E-state index is 0.0348. The molecule has 5 aromatic carbocycles. The van der Waals surface area contributed by atoms with Gasteiger partial charge in [0, 0.05) is 5.56 Å². The van der Waals surface area contributed by atoms with Crippen LogP contribution in [-0.4, -0.2) is 12.5 Å². The average molecular weight is 810 g/mol. The third-order valence-corrected chi connectivity index (χ3v) is 12.1. The van der Waals surface area contributed by atoms with Crippen molar-refractivity contribution in [3.8, 4) is 0 Å². The summed E-state index contributed by atoms with van der Waals surface area (Å²) in [4.78, 5) is 4.81. The van der Waals surface area contributed by atoms with Crippen LogP contribution in [0.1, 0.15) is 61.7 Å². The maximum absolute atomic E-state index is 14.2. The topological polar surface area (TPSA) is 21.6 Å². The number of aryl methyl sites for hydroxylation is 4. The predicted molar refractivity (Wildman–Crippen MR) is 188 cm³/mol. The van der Waals surface area contributed by atoms with Gasteiger partial charge in [0.15, 0.2) is 0 Å². The third-order valence-electron chi connectivity index (χ3n) is 9.66. The molecule has 0 spiro atoms. The van der Waals surface area contributed by atoms with Crippen molar-refractivity contribution >= 4 is 29.7 Å². The summed E-state index contributed by atoms with van der Waals surface area (Å²) < 4.78 is 176. The highest BCUT2D eigenvalue weighted by Gasteiger charge is 2.41. The predicted octanol–water partition coefficient (Wildman–Crippen LogP) is 10.9. The number of hydrogen-bond acceptors (Lipinski definition) is 2. The molecule has 5 aliphatic rings. The molecule has 15 heteroatoms. The van der Waals surface area contributed by atoms with E-state index in [1.165, 1.54) is 6.07 Å². The molecular weight excluding hydrogens is 781 g/mol. The highest BCUT2D eigenvalue weighted by Crippen LogP contribution is 2.44. The Labute approximate surface area is 313 Å². The van der Waals surface area contributed by atoms with Crippen LogP contribution < -0.4 is 15.9 Å². The highest BCUT2D eigenvalue weighted by molar-refractivity contribution is 7.80. The van der Waals surface area contributed by atoms with Crippen LogP contribution in [0.5, 0.6) is 0 Å². The van der Waals surface area contributed by atoms with E-state index < -0.39 is 65.5 Å². The molecule has 1 atom stereocenters. The van der Waals surface area contributed by atoms with E-state index in [1.807, 2.05) is 48.5 Å². The van der Waals surface area contributed by atoms with Crippen LogP contribution in [0.15, 0.2) is 108 Å². The molecule has 292 valence electrons. The smallest absolute Gasteiger partial charge is 0.416 e. The molecular formula is C41H28F12NOP. The molecule has 0 N–H and O–H groups in total. The van der Waals surface area contributed by atoms with Gasteiger partial charge in [0.05, 0.1) is 22.3 Å². The van der Waals surface area contributed by atoms with Gasteiger partial charge in [-0.05, 0) is 120 Å². The molecule has 5 aromatic rings. The van der Waals surface area contributed by atoms with Gasteiger partial charge in [-0.1, -0.05) is 60.7 Å². The van der Waals surface area contributed by atoms with Gasteiger partial charge in [-0.25, -0.2) is 4.99 Å². The molecule has 10 rings (SSSR count). The summed E-state index contributed by atoms with van der Waals surface area (Å²) in [5.74, 6) is 0.372. The lowest BCUT2D eigenvalue weighted by molar-refractivity contribution is -0.144. The van der Waals surface area contributed by atoms with Gasteiger partial charge in [-0.3, -0.25) is 0 Å². The second-order valence-corrected chi connectivity index (χ2v) is 15.7. The van der Waals surface area contributed by atoms with E-state index in [0.717, 1.165) is 16.7 Å². The van der Waals surface area contributed by atoms with E-state index in [2.05, 4.69) is 0 Å². The fourth-order valence-electron chi connectivity index (χ4n) is 6.87. The normalized spacial score (nSPS) is 16.4. The van der Waals surface area contributed by atoms with E-state index in [0.29, 0.717) is 53.3 Å². The van der Waals surface area contributed by atoms with E-state index in [4.69, 9.17) is 9.73 Å². The number of nitrogens with zero attached hydrogens (tertiary/aromatic N) is 1. The number of alkyl halides is 12. The van der Waals surface area contributed by atoms with Crippen molar-refractivity contribution < 1.29 is 57.4 Å². The fourth-order valence-corrected chi connectivity index (χ4v) is 9.56. The molecule has 0 saturated carbocycles. The van der Waals surface area contributed by atoms with Crippen molar-refractivity contribution in [2.45, 2.75) is 56.4 Å². The fraction of sp³-hybridized carbons (Fsp3) is 0.244. The zero-order valence-corrected chi connectivity index (χ0v) is 29.7. The van der Waals surface area contributed by atoms with Gasteiger partial charge in [0.1, 0.15) is 12.6 Å². The molecule has 56 heavy (non-hydrogen) atoms. The number of aliphatic imine (C=N–C) groups is 1. The van der Waals surface area contributed by atoms with Gasteiger partial charge in [-0.15, -0.1) is 0 Å². The maximum atomic E-state index is 14.2. The quantitative estimate of drug-likeness (QED) is 0.128. The van der Waals surface area contributed by atoms with Crippen molar-refractivity contribution in [2.24, 2.45) is 4.99 Å². The molecule has 2 nitrogen and oxygen atoms in total. The van der Waals surface area contributed by atoms with Crippen LogP contribution in [0, 0.1) is 0 Å². The molecule has 0 aromatic heterocycles. The first-order valence-electron chi connectivity index (χ1n) is 17.1. The summed E-state index contributed by atoms with van der Waals surface area (Å²) in [6, 6.07) is 20.9. The lowest BCUT2D eigenvalue weighted by Gasteiger charge is -2.27. The third kappa shape index (κ3) is 8.45. The van der Waals surface area contributed by atoms with Crippen molar-refractivity contribution in [3.63, 3.8) is 0 Å². The molecule has 1 heterocycles. The Kier molecular flexibility index (Phi) is 10.3. The SMILES string of the molecule is FC(F)(F)c1cc(P(c2cc(C(F)(F)F)cc(C(F)(F)F)c2)c2cc3ccc2CCc2ccc(cc2C2=NC(c4ccccc4)CO2)CC3)cc(C(F)(F)F)c1. The Balaban J connectivity index is 1.41. The van der Waals surface area contributed by atoms with E-state index in [-0.39, 0.29) is 49.3 Å². The summed E-state index contributed by atoms with van der Waals surface area (Å²) in [5.41, 5.74) is -3.00. The van der Waals surface area contributed by atoms with Gasteiger partial charge < -0.3 is 4.74 Å². The Morgan fingerprint density at radius 3 is 1.46 bits per heavy atom. The van der Waals surface area contributed by atoms with Gasteiger partial charge in [-0.2, -0.15) is 52.7 Å². The first-order chi connectivity index (χ1) is 26.2. The Morgan fingerprint density at radius 2 is 0.964 bits per heavy atom. The lowest BCUT2D eigenvalue weighted by Crippen LogP contribution is -2.28. The van der Waals surface area contributed by atoms with Crippen LogP contribution in [0.4, 0.5) is 52.7 Å². The van der Waals surface area contributed by atoms with Crippen LogP contribution >= 0.6 is 7.92 Å². The van der Waals surface area contributed by atoms with Crippen molar-refractivity contribution in [1.82, 2.24) is 0 Å². The van der Waals surface area contributed by atoms with Gasteiger partial charge in [0.2, 0.25) is 5.90 Å². The number of ether oxygens (including phenoxy) is 1. The molecule has 4 aliphatic carbocycles. The average Bonchev–Trinajstić information content (AvgIpc) is 3.62. The van der Waals surface area contributed by atoms with Crippen LogP contribution in [-0.2, 0) is 55.1 Å². The summed E-state index contributed by atoms with van der Waals surface area (Å²) in [6.07, 6.45) is -20.4. The highest BCUT2D eigenvalue weighted by atomic mass is 31.1. The van der Waals surface area contributed by atoms with Crippen LogP contribution in [0.3, 0.4) is 0 Å². The van der Waals surface area contributed by atoms with E-state index in [9.17, 15) is 52.7 Å². The molecule has 1 unspecified atom stereocenters. The van der Waals surface area contributed by atoms with Gasteiger partial charge >= 0.3 is 24.7 Å². The standard InChI is InChI=1S/C41H28F12NOP/c42-38(43,44)28-16-29(39(45,46)47)19-32(18-28)56(33-20-30(40(48,49)50)17-31(21-33)41(51,52)53)36-15-24-7-6-23-8-10-25(12-13-27(36)11-9-24)34(14-23)37-54-35(22-55-37)26-4-2-1-3-5-26/h1-5,8-11,14-21,35H,6-7,12-13,22H2.